The predicted molar refractivity (Wildman–Crippen MR) is 74.1 cm³/mol. The zero-order chi connectivity index (χ0) is 13.2. The van der Waals surface area contributed by atoms with Crippen molar-refractivity contribution in [3.8, 4) is 0 Å². The third-order valence-corrected chi connectivity index (χ3v) is 4.20. The van der Waals surface area contributed by atoms with Gasteiger partial charge in [0.05, 0.1) is 5.92 Å². The fourth-order valence-electron chi connectivity index (χ4n) is 3.27. The molecule has 1 aromatic heterocycles. The lowest BCUT2D eigenvalue weighted by molar-refractivity contribution is -0.143. The normalized spacial score (nSPS) is 23.4. The molecule has 0 aliphatic heterocycles. The minimum Gasteiger partial charge on any atom is -0.481 e. The number of pyridine rings is 1. The molecule has 1 heterocycles. The van der Waals surface area contributed by atoms with Crippen LogP contribution in [0.25, 0.3) is 10.8 Å². The minimum absolute atomic E-state index is 0.136. The number of aliphatic carboxylic acids is 1. The molecule has 3 rings (SSSR count). The highest BCUT2D eigenvalue weighted by Crippen LogP contribution is 2.40. The molecule has 2 unspecified atom stereocenters. The maximum atomic E-state index is 11.5. The lowest BCUT2D eigenvalue weighted by Gasteiger charge is -2.29. The summed E-state index contributed by atoms with van der Waals surface area (Å²) in [5.74, 6) is -0.763. The summed E-state index contributed by atoms with van der Waals surface area (Å²) in [6.45, 7) is 0. The van der Waals surface area contributed by atoms with E-state index in [4.69, 9.17) is 0 Å². The molecule has 0 bridgehead atoms. The Balaban J connectivity index is 2.09. The van der Waals surface area contributed by atoms with Gasteiger partial charge in [0.1, 0.15) is 0 Å². The van der Waals surface area contributed by atoms with E-state index in [1.54, 1.807) is 6.20 Å². The van der Waals surface area contributed by atoms with Crippen LogP contribution in [0, 0.1) is 5.92 Å². The van der Waals surface area contributed by atoms with Crippen molar-refractivity contribution in [3.63, 3.8) is 0 Å². The van der Waals surface area contributed by atoms with E-state index in [2.05, 4.69) is 11.1 Å². The molecule has 19 heavy (non-hydrogen) atoms. The molecule has 2 aromatic rings. The van der Waals surface area contributed by atoms with Gasteiger partial charge >= 0.3 is 5.97 Å². The van der Waals surface area contributed by atoms with Gasteiger partial charge < -0.3 is 5.11 Å². The topological polar surface area (TPSA) is 50.2 Å². The van der Waals surface area contributed by atoms with E-state index in [0.717, 1.165) is 36.5 Å². The van der Waals surface area contributed by atoms with E-state index in [1.807, 2.05) is 24.4 Å². The summed E-state index contributed by atoms with van der Waals surface area (Å²) in [7, 11) is 0. The number of carboxylic acid groups (broad SMARTS) is 1. The van der Waals surface area contributed by atoms with Crippen molar-refractivity contribution in [1.29, 1.82) is 0 Å². The van der Waals surface area contributed by atoms with Crippen LogP contribution in [0.5, 0.6) is 0 Å². The first-order valence-corrected chi connectivity index (χ1v) is 6.83. The summed E-state index contributed by atoms with van der Waals surface area (Å²) in [5.41, 5.74) is 1.17. The van der Waals surface area contributed by atoms with Gasteiger partial charge in [-0.25, -0.2) is 0 Å². The van der Waals surface area contributed by atoms with Crippen molar-refractivity contribution in [3.05, 3.63) is 42.2 Å². The highest BCUT2D eigenvalue weighted by atomic mass is 16.4. The molecular formula is C16H17NO2. The summed E-state index contributed by atoms with van der Waals surface area (Å²) in [4.78, 5) is 15.6. The third kappa shape index (κ3) is 2.21. The first-order valence-electron chi connectivity index (χ1n) is 6.83. The molecule has 0 spiro atoms. The Morgan fingerprint density at radius 3 is 2.89 bits per heavy atom. The summed E-state index contributed by atoms with van der Waals surface area (Å²) >= 11 is 0. The second kappa shape index (κ2) is 5.00. The van der Waals surface area contributed by atoms with Crippen molar-refractivity contribution < 1.29 is 9.90 Å². The van der Waals surface area contributed by atoms with Crippen LogP contribution in [0.4, 0.5) is 0 Å². The fourth-order valence-corrected chi connectivity index (χ4v) is 3.27. The van der Waals surface area contributed by atoms with E-state index in [1.165, 1.54) is 5.56 Å². The molecule has 1 N–H and O–H groups in total. The number of nitrogens with zero attached hydrogens (tertiary/aromatic N) is 1. The predicted octanol–water partition coefficient (Wildman–Crippen LogP) is 3.59. The molecule has 0 saturated heterocycles. The fraction of sp³-hybridized carbons (Fsp3) is 0.375. The molecule has 0 amide bonds. The van der Waals surface area contributed by atoms with Gasteiger partial charge in [-0.3, -0.25) is 9.78 Å². The molecule has 3 nitrogen and oxygen atoms in total. The van der Waals surface area contributed by atoms with Gasteiger partial charge in [0.15, 0.2) is 0 Å². The van der Waals surface area contributed by atoms with Gasteiger partial charge in [-0.05, 0) is 35.8 Å². The van der Waals surface area contributed by atoms with Crippen LogP contribution >= 0.6 is 0 Å². The van der Waals surface area contributed by atoms with Crippen molar-refractivity contribution >= 4 is 16.7 Å². The van der Waals surface area contributed by atoms with E-state index >= 15 is 0 Å². The minimum atomic E-state index is -0.657. The van der Waals surface area contributed by atoms with Crippen LogP contribution < -0.4 is 0 Å². The molecule has 3 heteroatoms. The van der Waals surface area contributed by atoms with Crippen molar-refractivity contribution in [2.45, 2.75) is 31.6 Å². The number of carboxylic acids is 1. The van der Waals surface area contributed by atoms with Crippen LogP contribution in [-0.2, 0) is 4.79 Å². The molecule has 0 radical (unpaired) electrons. The third-order valence-electron chi connectivity index (χ3n) is 4.20. The first-order chi connectivity index (χ1) is 9.27. The zero-order valence-corrected chi connectivity index (χ0v) is 10.7. The molecule has 1 aliphatic rings. The highest BCUT2D eigenvalue weighted by molar-refractivity contribution is 5.86. The Morgan fingerprint density at radius 1 is 1.21 bits per heavy atom. The molecular weight excluding hydrogens is 238 g/mol. The smallest absolute Gasteiger partial charge is 0.307 e. The maximum Gasteiger partial charge on any atom is 0.307 e. The van der Waals surface area contributed by atoms with Gasteiger partial charge in [0, 0.05) is 17.8 Å². The zero-order valence-electron chi connectivity index (χ0n) is 10.7. The molecule has 1 aliphatic carbocycles. The highest BCUT2D eigenvalue weighted by Gasteiger charge is 2.32. The second-order valence-corrected chi connectivity index (χ2v) is 5.28. The van der Waals surface area contributed by atoms with Crippen LogP contribution in [0.1, 0.15) is 37.2 Å². The van der Waals surface area contributed by atoms with E-state index < -0.39 is 5.97 Å². The molecule has 1 fully saturated rings. The van der Waals surface area contributed by atoms with E-state index in [-0.39, 0.29) is 11.8 Å². The van der Waals surface area contributed by atoms with E-state index in [9.17, 15) is 9.90 Å². The Hall–Kier alpha value is -1.90. The molecule has 2 atom stereocenters. The maximum absolute atomic E-state index is 11.5. The molecule has 1 saturated carbocycles. The first kappa shape index (κ1) is 12.2. The molecule has 1 aromatic carbocycles. The quantitative estimate of drug-likeness (QED) is 0.892. The Bertz CT molecular complexity index is 603. The summed E-state index contributed by atoms with van der Waals surface area (Å²) in [6, 6.07) is 8.11. The van der Waals surface area contributed by atoms with Crippen molar-refractivity contribution in [2.24, 2.45) is 5.92 Å². The summed E-state index contributed by atoms with van der Waals surface area (Å²) in [5, 5.41) is 11.7. The Labute approximate surface area is 112 Å². The average Bonchev–Trinajstić information content (AvgIpc) is 2.46. The van der Waals surface area contributed by atoms with Crippen LogP contribution in [0.15, 0.2) is 36.7 Å². The monoisotopic (exact) mass is 255 g/mol. The number of fused-ring (bicyclic) bond motifs is 1. The number of hydrogen-bond donors (Lipinski definition) is 1. The van der Waals surface area contributed by atoms with Crippen LogP contribution in [-0.4, -0.2) is 16.1 Å². The second-order valence-electron chi connectivity index (χ2n) is 5.28. The van der Waals surface area contributed by atoms with Gasteiger partial charge in [0.2, 0.25) is 0 Å². The number of rotatable bonds is 2. The summed E-state index contributed by atoms with van der Waals surface area (Å²) < 4.78 is 0. The standard InChI is InChI=1S/C16H17NO2/c18-16(19)15-6-2-1-5-14(15)13-7-3-4-11-10-17-9-8-12(11)13/h3-4,7-10,14-15H,1-2,5-6H2,(H,18,19). The Kier molecular flexibility index (Phi) is 3.20. The van der Waals surface area contributed by atoms with Gasteiger partial charge in [-0.15, -0.1) is 0 Å². The number of aromatic nitrogens is 1. The van der Waals surface area contributed by atoms with Crippen LogP contribution in [0.3, 0.4) is 0 Å². The van der Waals surface area contributed by atoms with E-state index in [0.29, 0.717) is 0 Å². The molecule has 98 valence electrons. The number of carbonyl (C=O) groups is 1. The largest absolute Gasteiger partial charge is 0.481 e. The lowest BCUT2D eigenvalue weighted by atomic mass is 9.74. The lowest BCUT2D eigenvalue weighted by Crippen LogP contribution is -2.25. The number of hydrogen-bond acceptors (Lipinski definition) is 2. The van der Waals surface area contributed by atoms with Crippen molar-refractivity contribution in [2.75, 3.05) is 0 Å². The average molecular weight is 255 g/mol. The SMILES string of the molecule is O=C(O)C1CCCCC1c1cccc2cnccc12. The van der Waals surface area contributed by atoms with Gasteiger partial charge in [-0.2, -0.15) is 0 Å². The van der Waals surface area contributed by atoms with Gasteiger partial charge in [-0.1, -0.05) is 31.0 Å². The number of benzene rings is 1. The summed E-state index contributed by atoms with van der Waals surface area (Å²) in [6.07, 6.45) is 7.54. The van der Waals surface area contributed by atoms with Crippen LogP contribution in [0.2, 0.25) is 0 Å². The Morgan fingerprint density at radius 2 is 2.05 bits per heavy atom. The van der Waals surface area contributed by atoms with Crippen molar-refractivity contribution in [1.82, 2.24) is 4.98 Å². The van der Waals surface area contributed by atoms with Gasteiger partial charge in [0.25, 0.3) is 0 Å².